The van der Waals surface area contributed by atoms with Gasteiger partial charge in [0.25, 0.3) is 0 Å². The molecule has 11 nitrogen and oxygen atoms in total. The maximum atomic E-state index is 12.4. The normalized spacial score (nSPS) is 10.9. The summed E-state index contributed by atoms with van der Waals surface area (Å²) in [6.07, 6.45) is 1.21. The molecule has 1 aromatic heterocycles. The van der Waals surface area contributed by atoms with Crippen LogP contribution in [0.5, 0.6) is 0 Å². The lowest BCUT2D eigenvalue weighted by atomic mass is 9.99. The van der Waals surface area contributed by atoms with E-state index in [0.717, 1.165) is 17.7 Å². The van der Waals surface area contributed by atoms with Crippen molar-refractivity contribution >= 4 is 28.4 Å². The van der Waals surface area contributed by atoms with Crippen molar-refractivity contribution in [2.45, 2.75) is 26.3 Å². The van der Waals surface area contributed by atoms with Gasteiger partial charge < -0.3 is 9.67 Å². The molecule has 4 aromatic rings. The van der Waals surface area contributed by atoms with Crippen molar-refractivity contribution in [2.24, 2.45) is 0 Å². The lowest BCUT2D eigenvalue weighted by Gasteiger charge is -2.11. The fourth-order valence-electron chi connectivity index (χ4n) is 4.07. The second kappa shape index (κ2) is 9.74. The Morgan fingerprint density at radius 1 is 1.00 bits per heavy atom. The Balaban J connectivity index is 1.84. The van der Waals surface area contributed by atoms with Crippen LogP contribution in [0, 0.1) is 20.2 Å². The van der Waals surface area contributed by atoms with Gasteiger partial charge in [-0.3, -0.25) is 25.0 Å². The Kier molecular flexibility index (Phi) is 6.55. The Morgan fingerprint density at radius 2 is 1.64 bits per heavy atom. The number of hydrogen-bond donors (Lipinski definition) is 1. The maximum Gasteiger partial charge on any atom is 0.336 e. The Labute approximate surface area is 203 Å². The minimum Gasteiger partial charge on any atom is -0.478 e. The number of nitrogens with zero attached hydrogens (tertiary/aromatic N) is 4. The average molecular weight is 488 g/mol. The highest BCUT2D eigenvalue weighted by atomic mass is 16.6. The Bertz CT molecular complexity index is 1580. The number of benzene rings is 2. The predicted molar refractivity (Wildman–Crippen MR) is 131 cm³/mol. The van der Waals surface area contributed by atoms with Crippen LogP contribution in [0.4, 0.5) is 11.4 Å². The molecule has 0 aliphatic heterocycles. The van der Waals surface area contributed by atoms with Gasteiger partial charge in [0, 0.05) is 25.1 Å². The largest absolute Gasteiger partial charge is 0.478 e. The van der Waals surface area contributed by atoms with Crippen molar-refractivity contribution in [3.63, 3.8) is 0 Å². The van der Waals surface area contributed by atoms with Gasteiger partial charge in [-0.1, -0.05) is 49.4 Å². The topological polar surface area (TPSA) is 158 Å². The zero-order valence-electron chi connectivity index (χ0n) is 19.1. The summed E-state index contributed by atoms with van der Waals surface area (Å²) in [6.45, 7) is 2.16. The van der Waals surface area contributed by atoms with Gasteiger partial charge in [0.1, 0.15) is 5.82 Å². The van der Waals surface area contributed by atoms with E-state index >= 15 is 0 Å². The molecule has 0 radical (unpaired) electrons. The van der Waals surface area contributed by atoms with Crippen LogP contribution >= 0.6 is 0 Å². The average Bonchev–Trinajstić information content (AvgIpc) is 3.07. The third-order valence-corrected chi connectivity index (χ3v) is 5.76. The number of rotatable bonds is 8. The van der Waals surface area contributed by atoms with Crippen molar-refractivity contribution in [3.8, 4) is 11.1 Å². The first-order chi connectivity index (χ1) is 17.2. The van der Waals surface area contributed by atoms with Gasteiger partial charge in [0.05, 0.1) is 26.4 Å². The number of aryl methyl sites for hydroxylation is 1. The van der Waals surface area contributed by atoms with Crippen LogP contribution in [-0.2, 0) is 13.0 Å². The predicted octanol–water partition coefficient (Wildman–Crippen LogP) is 4.58. The number of carbonyl (C=O) groups is 1. The number of carboxylic acids is 1. The van der Waals surface area contributed by atoms with Crippen LogP contribution in [0.25, 0.3) is 22.2 Å². The standard InChI is InChI=1S/C25H20N4O7/c1-2-5-23-26-19-12-21(28(33)34)24(30)22(29(35)36)13-20(19)27(23)14-15-8-10-16(11-9-15)17-6-3-4-7-18(17)25(31)32/h3-4,6-13H,2,5,14H2,1H3,(H,31,32). The van der Waals surface area contributed by atoms with Gasteiger partial charge in [0.15, 0.2) is 0 Å². The van der Waals surface area contributed by atoms with Gasteiger partial charge in [0.2, 0.25) is 0 Å². The number of aromatic carboxylic acids is 1. The molecule has 0 amide bonds. The Hall–Kier alpha value is -4.93. The monoisotopic (exact) mass is 488 g/mol. The highest BCUT2D eigenvalue weighted by molar-refractivity contribution is 5.96. The first-order valence-corrected chi connectivity index (χ1v) is 11.0. The quantitative estimate of drug-likeness (QED) is 0.279. The lowest BCUT2D eigenvalue weighted by molar-refractivity contribution is -0.395. The van der Waals surface area contributed by atoms with Crippen LogP contribution in [-0.4, -0.2) is 30.5 Å². The summed E-state index contributed by atoms with van der Waals surface area (Å²) in [5.41, 5.74) is -0.526. The number of imidazole rings is 1. The van der Waals surface area contributed by atoms with Gasteiger partial charge in [-0.2, -0.15) is 0 Å². The van der Waals surface area contributed by atoms with E-state index in [1.165, 1.54) is 6.07 Å². The van der Waals surface area contributed by atoms with Gasteiger partial charge in [-0.15, -0.1) is 0 Å². The van der Waals surface area contributed by atoms with Crippen molar-refractivity contribution < 1.29 is 19.7 Å². The van der Waals surface area contributed by atoms with Crippen molar-refractivity contribution in [1.82, 2.24) is 9.55 Å². The zero-order valence-corrected chi connectivity index (χ0v) is 19.1. The van der Waals surface area contributed by atoms with Gasteiger partial charge >= 0.3 is 22.8 Å². The molecule has 1 heterocycles. The van der Waals surface area contributed by atoms with Gasteiger partial charge in [-0.05, 0) is 29.2 Å². The summed E-state index contributed by atoms with van der Waals surface area (Å²) in [5.74, 6) is -0.472. The molecule has 0 bridgehead atoms. The van der Waals surface area contributed by atoms with E-state index in [4.69, 9.17) is 0 Å². The molecular formula is C25H20N4O7. The molecule has 0 aliphatic carbocycles. The second-order valence-corrected chi connectivity index (χ2v) is 8.08. The molecule has 0 spiro atoms. The van der Waals surface area contributed by atoms with E-state index in [2.05, 4.69) is 4.98 Å². The van der Waals surface area contributed by atoms with Crippen molar-refractivity contribution in [1.29, 1.82) is 0 Å². The molecule has 4 rings (SSSR count). The van der Waals surface area contributed by atoms with Crippen LogP contribution in [0.15, 0.2) is 65.5 Å². The van der Waals surface area contributed by atoms with E-state index in [0.29, 0.717) is 29.8 Å². The molecule has 0 saturated carbocycles. The minimum absolute atomic E-state index is 0.113. The number of hydrogen-bond acceptors (Lipinski definition) is 7. The number of nitro groups is 2. The molecule has 0 unspecified atom stereocenters. The molecule has 182 valence electrons. The first-order valence-electron chi connectivity index (χ1n) is 11.0. The van der Waals surface area contributed by atoms with Crippen LogP contribution in [0.1, 0.15) is 35.1 Å². The van der Waals surface area contributed by atoms with E-state index in [1.807, 2.05) is 6.92 Å². The van der Waals surface area contributed by atoms with Gasteiger partial charge in [-0.25, -0.2) is 9.78 Å². The fourth-order valence-corrected chi connectivity index (χ4v) is 4.07. The first kappa shape index (κ1) is 24.2. The molecule has 1 N–H and O–H groups in total. The summed E-state index contributed by atoms with van der Waals surface area (Å²) < 4.78 is 1.70. The van der Waals surface area contributed by atoms with E-state index < -0.39 is 32.6 Å². The zero-order chi connectivity index (χ0) is 26.0. The third kappa shape index (κ3) is 4.53. The fraction of sp³-hybridized carbons (Fsp3) is 0.160. The highest BCUT2D eigenvalue weighted by Crippen LogP contribution is 2.27. The summed E-state index contributed by atoms with van der Waals surface area (Å²) in [7, 11) is 0. The van der Waals surface area contributed by atoms with E-state index in [1.54, 1.807) is 47.0 Å². The van der Waals surface area contributed by atoms with Crippen LogP contribution in [0.2, 0.25) is 0 Å². The van der Waals surface area contributed by atoms with E-state index in [9.17, 15) is 34.9 Å². The smallest absolute Gasteiger partial charge is 0.336 e. The molecule has 0 aliphatic rings. The molecule has 36 heavy (non-hydrogen) atoms. The molecule has 0 saturated heterocycles. The molecule has 3 aromatic carbocycles. The molecular weight excluding hydrogens is 468 g/mol. The summed E-state index contributed by atoms with van der Waals surface area (Å²) >= 11 is 0. The van der Waals surface area contributed by atoms with Crippen molar-refractivity contribution in [3.05, 3.63) is 108 Å². The minimum atomic E-state index is -1.28. The SMILES string of the molecule is CCCc1nc2cc([N+](=O)[O-])c(=O)c([N+](=O)[O-])cc2n1Cc1ccc(-c2ccccc2C(=O)O)cc1. The third-order valence-electron chi connectivity index (χ3n) is 5.76. The Morgan fingerprint density at radius 3 is 2.25 bits per heavy atom. The number of fused-ring (bicyclic) bond motifs is 1. The summed E-state index contributed by atoms with van der Waals surface area (Å²) in [6, 6.07) is 15.8. The molecule has 0 atom stereocenters. The highest BCUT2D eigenvalue weighted by Gasteiger charge is 2.25. The van der Waals surface area contributed by atoms with Crippen molar-refractivity contribution in [2.75, 3.05) is 0 Å². The molecule has 0 fully saturated rings. The second-order valence-electron chi connectivity index (χ2n) is 8.08. The van der Waals surface area contributed by atoms with Crippen LogP contribution in [0.3, 0.4) is 0 Å². The molecule has 11 heteroatoms. The lowest BCUT2D eigenvalue weighted by Crippen LogP contribution is -2.10. The summed E-state index contributed by atoms with van der Waals surface area (Å²) in [5, 5.41) is 32.4. The number of carboxylic acid groups (broad SMARTS) is 1. The summed E-state index contributed by atoms with van der Waals surface area (Å²) in [4.78, 5) is 49.5. The van der Waals surface area contributed by atoms with E-state index in [-0.39, 0.29) is 23.1 Å². The number of aromatic nitrogens is 2. The van der Waals surface area contributed by atoms with Crippen LogP contribution < -0.4 is 5.43 Å². The maximum absolute atomic E-state index is 12.4.